The first-order valence-corrected chi connectivity index (χ1v) is 8.17. The molecule has 2 aromatic rings. The van der Waals surface area contributed by atoms with E-state index in [2.05, 4.69) is 0 Å². The van der Waals surface area contributed by atoms with Crippen LogP contribution in [0.4, 0.5) is 0 Å². The van der Waals surface area contributed by atoms with Crippen molar-refractivity contribution in [3.8, 4) is 0 Å². The first kappa shape index (κ1) is 16.8. The van der Waals surface area contributed by atoms with Crippen LogP contribution in [0.15, 0.2) is 77.5 Å². The zero-order chi connectivity index (χ0) is 17.0. The summed E-state index contributed by atoms with van der Waals surface area (Å²) in [7, 11) is 0. The fraction of sp³-hybridized carbons (Fsp3) is 0.200. The minimum atomic E-state index is -1.32. The molecular weight excluding hydrogens is 324 g/mol. The van der Waals surface area contributed by atoms with Gasteiger partial charge in [-0.2, -0.15) is 0 Å². The fourth-order valence-corrected chi connectivity index (χ4v) is 3.02. The number of halogens is 1. The molecule has 1 aliphatic rings. The summed E-state index contributed by atoms with van der Waals surface area (Å²) in [6.45, 7) is 0.459. The average Bonchev–Trinajstić information content (AvgIpc) is 2.61. The van der Waals surface area contributed by atoms with Crippen LogP contribution in [-0.4, -0.2) is 22.4 Å². The minimum Gasteiger partial charge on any atom is -0.506 e. The van der Waals surface area contributed by atoms with Gasteiger partial charge in [-0.15, -0.1) is 0 Å². The highest BCUT2D eigenvalue weighted by atomic mass is 35.5. The van der Waals surface area contributed by atoms with E-state index in [4.69, 9.17) is 16.3 Å². The Balaban J connectivity index is 1.82. The number of rotatable bonds is 5. The molecule has 0 saturated heterocycles. The molecule has 24 heavy (non-hydrogen) atoms. The zero-order valence-corrected chi connectivity index (χ0v) is 13.9. The summed E-state index contributed by atoms with van der Waals surface area (Å²) in [6, 6.07) is 19.0. The molecule has 2 N–H and O–H groups in total. The zero-order valence-electron chi connectivity index (χ0n) is 13.2. The molecule has 0 heterocycles. The molecule has 2 aromatic carbocycles. The Morgan fingerprint density at radius 2 is 1.62 bits per heavy atom. The Morgan fingerprint density at radius 1 is 1.00 bits per heavy atom. The maximum Gasteiger partial charge on any atom is 0.140 e. The van der Waals surface area contributed by atoms with E-state index in [-0.39, 0.29) is 23.8 Å². The number of aliphatic hydroxyl groups is 2. The molecule has 124 valence electrons. The van der Waals surface area contributed by atoms with E-state index in [1.54, 1.807) is 6.08 Å². The Bertz CT molecular complexity index is 753. The molecule has 1 aliphatic carbocycles. The topological polar surface area (TPSA) is 49.7 Å². The average molecular weight is 343 g/mol. The number of hydrogen-bond donors (Lipinski definition) is 2. The van der Waals surface area contributed by atoms with E-state index in [1.807, 2.05) is 60.7 Å². The summed E-state index contributed by atoms with van der Waals surface area (Å²) in [4.78, 5) is 0. The van der Waals surface area contributed by atoms with Crippen LogP contribution in [0.3, 0.4) is 0 Å². The van der Waals surface area contributed by atoms with E-state index in [0.29, 0.717) is 12.2 Å². The second-order valence-electron chi connectivity index (χ2n) is 5.86. The number of benzene rings is 2. The number of ether oxygens (including phenoxy) is 1. The lowest BCUT2D eigenvalue weighted by molar-refractivity contribution is -0.0133. The van der Waals surface area contributed by atoms with Crippen molar-refractivity contribution < 1.29 is 14.9 Å². The smallest absolute Gasteiger partial charge is 0.140 e. The third-order valence-corrected chi connectivity index (χ3v) is 4.40. The second kappa shape index (κ2) is 7.22. The highest BCUT2D eigenvalue weighted by Gasteiger charge is 2.38. The van der Waals surface area contributed by atoms with Gasteiger partial charge in [0.1, 0.15) is 11.4 Å². The van der Waals surface area contributed by atoms with Crippen molar-refractivity contribution in [1.82, 2.24) is 0 Å². The van der Waals surface area contributed by atoms with Gasteiger partial charge in [0.05, 0.1) is 18.2 Å². The lowest BCUT2D eigenvalue weighted by Crippen LogP contribution is -2.38. The Labute approximate surface area is 146 Å². The quantitative estimate of drug-likeness (QED) is 0.845. The highest BCUT2D eigenvalue weighted by molar-refractivity contribution is 6.32. The first-order chi connectivity index (χ1) is 11.6. The molecule has 0 fully saturated rings. The normalized spacial score (nSPS) is 20.8. The Kier molecular flexibility index (Phi) is 5.05. The van der Waals surface area contributed by atoms with Gasteiger partial charge in [0.15, 0.2) is 0 Å². The van der Waals surface area contributed by atoms with Gasteiger partial charge in [0.25, 0.3) is 0 Å². The molecule has 0 aliphatic heterocycles. The van der Waals surface area contributed by atoms with E-state index in [1.165, 1.54) is 0 Å². The largest absolute Gasteiger partial charge is 0.506 e. The second-order valence-corrected chi connectivity index (χ2v) is 6.26. The third kappa shape index (κ3) is 3.54. The van der Waals surface area contributed by atoms with Crippen molar-refractivity contribution in [3.05, 3.63) is 88.7 Å². The SMILES string of the molecule is OC1=C(c2ccccc2)C(O)(COCc2ccccc2)CC=C1Cl. The summed E-state index contributed by atoms with van der Waals surface area (Å²) in [5, 5.41) is 21.8. The number of aliphatic hydroxyl groups excluding tert-OH is 1. The van der Waals surface area contributed by atoms with Gasteiger partial charge in [-0.3, -0.25) is 0 Å². The molecule has 0 radical (unpaired) electrons. The van der Waals surface area contributed by atoms with Gasteiger partial charge in [-0.1, -0.05) is 78.3 Å². The Hall–Kier alpha value is -2.07. The predicted molar refractivity (Wildman–Crippen MR) is 95.6 cm³/mol. The van der Waals surface area contributed by atoms with Crippen LogP contribution in [0.1, 0.15) is 17.5 Å². The van der Waals surface area contributed by atoms with Crippen molar-refractivity contribution in [2.75, 3.05) is 6.61 Å². The monoisotopic (exact) mass is 342 g/mol. The van der Waals surface area contributed by atoms with Crippen LogP contribution in [0, 0.1) is 0 Å². The molecule has 4 heteroatoms. The molecule has 1 unspecified atom stereocenters. The minimum absolute atomic E-state index is 0.0663. The van der Waals surface area contributed by atoms with E-state index in [9.17, 15) is 10.2 Å². The van der Waals surface area contributed by atoms with Crippen LogP contribution in [0.5, 0.6) is 0 Å². The molecule has 0 bridgehead atoms. The molecule has 1 atom stereocenters. The number of hydrogen-bond acceptors (Lipinski definition) is 3. The lowest BCUT2D eigenvalue weighted by Gasteiger charge is -2.33. The van der Waals surface area contributed by atoms with Crippen molar-refractivity contribution in [2.24, 2.45) is 0 Å². The van der Waals surface area contributed by atoms with Gasteiger partial charge in [-0.25, -0.2) is 0 Å². The molecule has 0 spiro atoms. The van der Waals surface area contributed by atoms with Crippen molar-refractivity contribution in [2.45, 2.75) is 18.6 Å². The predicted octanol–water partition coefficient (Wildman–Crippen LogP) is 4.43. The van der Waals surface area contributed by atoms with Gasteiger partial charge >= 0.3 is 0 Å². The molecule has 0 amide bonds. The molecule has 3 nitrogen and oxygen atoms in total. The summed E-state index contributed by atoms with van der Waals surface area (Å²) in [5.74, 6) is -0.0973. The van der Waals surface area contributed by atoms with Gasteiger partial charge in [-0.05, 0) is 11.1 Å². The summed E-state index contributed by atoms with van der Waals surface area (Å²) in [6.07, 6.45) is 1.91. The number of allylic oxidation sites excluding steroid dienone is 1. The van der Waals surface area contributed by atoms with Crippen LogP contribution in [-0.2, 0) is 11.3 Å². The van der Waals surface area contributed by atoms with Gasteiger partial charge < -0.3 is 14.9 Å². The van der Waals surface area contributed by atoms with E-state index in [0.717, 1.165) is 11.1 Å². The van der Waals surface area contributed by atoms with Crippen LogP contribution in [0.25, 0.3) is 5.57 Å². The van der Waals surface area contributed by atoms with Crippen molar-refractivity contribution >= 4 is 17.2 Å². The van der Waals surface area contributed by atoms with Crippen LogP contribution in [0.2, 0.25) is 0 Å². The maximum atomic E-state index is 11.1. The summed E-state index contributed by atoms with van der Waals surface area (Å²) < 4.78 is 5.73. The van der Waals surface area contributed by atoms with Gasteiger partial charge in [0, 0.05) is 12.0 Å². The van der Waals surface area contributed by atoms with Crippen molar-refractivity contribution in [1.29, 1.82) is 0 Å². The summed E-state index contributed by atoms with van der Waals surface area (Å²) in [5.41, 5.74) is 0.842. The third-order valence-electron chi connectivity index (χ3n) is 4.06. The molecule has 3 rings (SSSR count). The molecule has 0 saturated carbocycles. The lowest BCUT2D eigenvalue weighted by atomic mass is 9.82. The van der Waals surface area contributed by atoms with E-state index >= 15 is 0 Å². The standard InChI is InChI=1S/C20H19ClO3/c21-17-11-12-20(23,14-24-13-15-7-3-1-4-8-15)18(19(17)22)16-9-5-2-6-10-16/h1-11,22-23H,12-14H2. The van der Waals surface area contributed by atoms with Crippen LogP contribution >= 0.6 is 11.6 Å². The van der Waals surface area contributed by atoms with Crippen LogP contribution < -0.4 is 0 Å². The summed E-state index contributed by atoms with van der Waals surface area (Å²) >= 11 is 6.07. The van der Waals surface area contributed by atoms with Crippen molar-refractivity contribution in [3.63, 3.8) is 0 Å². The molecular formula is C20H19ClO3. The van der Waals surface area contributed by atoms with Gasteiger partial charge in [0.2, 0.25) is 0 Å². The maximum absolute atomic E-state index is 11.1. The first-order valence-electron chi connectivity index (χ1n) is 7.79. The molecule has 0 aromatic heterocycles. The van der Waals surface area contributed by atoms with E-state index < -0.39 is 5.60 Å². The highest BCUT2D eigenvalue weighted by Crippen LogP contribution is 2.40. The fourth-order valence-electron chi connectivity index (χ4n) is 2.85. The Morgan fingerprint density at radius 3 is 2.29 bits per heavy atom.